The molecular weight excluding hydrogens is 376 g/mol. The van der Waals surface area contributed by atoms with Crippen LogP contribution in [0.1, 0.15) is 29.9 Å². The van der Waals surface area contributed by atoms with Gasteiger partial charge in [-0.3, -0.25) is 4.79 Å². The summed E-state index contributed by atoms with van der Waals surface area (Å²) in [6, 6.07) is 8.46. The maximum atomic E-state index is 12.1. The van der Waals surface area contributed by atoms with Crippen molar-refractivity contribution in [1.29, 1.82) is 0 Å². The highest BCUT2D eigenvalue weighted by molar-refractivity contribution is 8.16. The van der Waals surface area contributed by atoms with Crippen LogP contribution in [0.5, 0.6) is 5.75 Å². The van der Waals surface area contributed by atoms with Gasteiger partial charge >= 0.3 is 0 Å². The molecule has 0 aromatic heterocycles. The molecule has 2 fully saturated rings. The van der Waals surface area contributed by atoms with Crippen LogP contribution in [0.3, 0.4) is 0 Å². The Labute approximate surface area is 165 Å². The van der Waals surface area contributed by atoms with Crippen molar-refractivity contribution in [3.8, 4) is 5.75 Å². The molecule has 4 nitrogen and oxygen atoms in total. The van der Waals surface area contributed by atoms with Crippen LogP contribution in [0.2, 0.25) is 0 Å². The predicted molar refractivity (Wildman–Crippen MR) is 110 cm³/mol. The van der Waals surface area contributed by atoms with Crippen LogP contribution in [0, 0.1) is 5.92 Å². The van der Waals surface area contributed by atoms with Gasteiger partial charge in [0.2, 0.25) is 0 Å². The van der Waals surface area contributed by atoms with Gasteiger partial charge in [-0.25, -0.2) is 0 Å². The first kappa shape index (κ1) is 20.7. The van der Waals surface area contributed by atoms with E-state index in [2.05, 4.69) is 29.7 Å². The molecule has 1 aromatic rings. The number of carbonyl (C=O) groups is 1. The first-order chi connectivity index (χ1) is 11.7. The molecule has 1 amide bonds. The molecule has 0 aliphatic carbocycles. The van der Waals surface area contributed by atoms with Gasteiger partial charge < -0.3 is 15.4 Å². The molecule has 2 saturated heterocycles. The number of amides is 1. The van der Waals surface area contributed by atoms with Gasteiger partial charge in [-0.1, -0.05) is 19.1 Å². The minimum Gasteiger partial charge on any atom is -0.484 e. The minimum absolute atomic E-state index is 0. The van der Waals surface area contributed by atoms with E-state index >= 15 is 0 Å². The average molecular weight is 403 g/mol. The Balaban J connectivity index is 0.00000225. The number of piperidine rings is 1. The second kappa shape index (κ2) is 10.6. The van der Waals surface area contributed by atoms with Crippen molar-refractivity contribution in [2.24, 2.45) is 5.92 Å². The summed E-state index contributed by atoms with van der Waals surface area (Å²) in [5.74, 6) is 3.68. The first-order valence-electron chi connectivity index (χ1n) is 8.68. The lowest BCUT2D eigenvalue weighted by Gasteiger charge is -2.30. The van der Waals surface area contributed by atoms with Crippen LogP contribution in [0.4, 0.5) is 0 Å². The van der Waals surface area contributed by atoms with Gasteiger partial charge in [0.25, 0.3) is 5.91 Å². The minimum atomic E-state index is -0.0313. The maximum absolute atomic E-state index is 12.1. The molecule has 2 atom stereocenters. The van der Waals surface area contributed by atoms with E-state index in [1.807, 2.05) is 35.7 Å². The molecule has 3 rings (SSSR count). The van der Waals surface area contributed by atoms with Crippen LogP contribution >= 0.6 is 35.9 Å². The molecule has 7 heteroatoms. The van der Waals surface area contributed by atoms with Crippen molar-refractivity contribution >= 4 is 41.8 Å². The van der Waals surface area contributed by atoms with Gasteiger partial charge in [-0.15, -0.1) is 35.9 Å². The van der Waals surface area contributed by atoms with Crippen LogP contribution in [-0.2, 0) is 4.79 Å². The molecule has 2 N–H and O–H groups in total. The zero-order valence-electron chi connectivity index (χ0n) is 14.5. The summed E-state index contributed by atoms with van der Waals surface area (Å²) in [6.07, 6.45) is 2.29. The van der Waals surface area contributed by atoms with Crippen molar-refractivity contribution in [3.63, 3.8) is 0 Å². The number of ether oxygens (including phenoxy) is 1. The summed E-state index contributed by atoms with van der Waals surface area (Å²) in [5.41, 5.74) is 1.34. The molecule has 1 aromatic carbocycles. The normalized spacial score (nSPS) is 24.2. The highest BCUT2D eigenvalue weighted by atomic mass is 35.5. The lowest BCUT2D eigenvalue weighted by atomic mass is 9.95. The number of rotatable bonds is 5. The van der Waals surface area contributed by atoms with Crippen LogP contribution < -0.4 is 15.4 Å². The standard InChI is InChI=1S/C18H26N2O2S2.ClH/c1-13-11-19-8-7-16(13)20-17(21)12-22-15-5-3-14(4-6-15)18-23-9-2-10-24-18;/h3-6,13,16,18-19H,2,7-12H2,1H3,(H,20,21);1H. The van der Waals surface area contributed by atoms with Gasteiger partial charge in [0.1, 0.15) is 5.75 Å². The fourth-order valence-electron chi connectivity index (χ4n) is 3.03. The smallest absolute Gasteiger partial charge is 0.258 e. The summed E-state index contributed by atoms with van der Waals surface area (Å²) in [5, 5.41) is 6.43. The number of nitrogens with one attached hydrogen (secondary N) is 2. The third-order valence-electron chi connectivity index (χ3n) is 4.48. The molecule has 2 aliphatic rings. The second-order valence-corrected chi connectivity index (χ2v) is 9.15. The molecule has 2 heterocycles. The second-order valence-electron chi connectivity index (χ2n) is 6.43. The molecule has 0 radical (unpaired) electrons. The lowest BCUT2D eigenvalue weighted by molar-refractivity contribution is -0.124. The zero-order chi connectivity index (χ0) is 16.8. The Morgan fingerprint density at radius 1 is 1.28 bits per heavy atom. The molecule has 140 valence electrons. The van der Waals surface area contributed by atoms with E-state index in [1.54, 1.807) is 0 Å². The van der Waals surface area contributed by atoms with Crippen LogP contribution in [0.25, 0.3) is 0 Å². The molecule has 25 heavy (non-hydrogen) atoms. The Hall–Kier alpha value is -0.560. The SMILES string of the molecule is CC1CNCCC1NC(=O)COc1ccc(C2SCCCS2)cc1.Cl. The lowest BCUT2D eigenvalue weighted by Crippen LogP contribution is -2.49. The summed E-state index contributed by atoms with van der Waals surface area (Å²) >= 11 is 4.03. The molecule has 0 saturated carbocycles. The topological polar surface area (TPSA) is 50.4 Å². The number of thioether (sulfide) groups is 2. The number of halogens is 1. The number of hydrogen-bond donors (Lipinski definition) is 2. The fraction of sp³-hybridized carbons (Fsp3) is 0.611. The zero-order valence-corrected chi connectivity index (χ0v) is 17.0. The number of hydrogen-bond acceptors (Lipinski definition) is 5. The Morgan fingerprint density at radius 3 is 2.68 bits per heavy atom. The van der Waals surface area contributed by atoms with Crippen LogP contribution in [0.15, 0.2) is 24.3 Å². The van der Waals surface area contributed by atoms with Gasteiger partial charge in [-0.2, -0.15) is 0 Å². The summed E-state index contributed by atoms with van der Waals surface area (Å²) < 4.78 is 6.18. The quantitative estimate of drug-likeness (QED) is 0.789. The Kier molecular flexibility index (Phi) is 8.76. The van der Waals surface area contributed by atoms with E-state index in [9.17, 15) is 4.79 Å². The molecule has 0 spiro atoms. The summed E-state index contributed by atoms with van der Waals surface area (Å²) in [7, 11) is 0. The molecule has 2 unspecified atom stereocenters. The van der Waals surface area contributed by atoms with Crippen molar-refractivity contribution < 1.29 is 9.53 Å². The van der Waals surface area contributed by atoms with Gasteiger partial charge in [0.05, 0.1) is 4.58 Å². The molecular formula is C18H27ClN2O2S2. The third kappa shape index (κ3) is 6.27. The number of benzene rings is 1. The van der Waals surface area contributed by atoms with E-state index in [0.717, 1.165) is 25.3 Å². The van der Waals surface area contributed by atoms with Gasteiger partial charge in [-0.05, 0) is 61.1 Å². The molecule has 0 bridgehead atoms. The van der Waals surface area contributed by atoms with Crippen molar-refractivity contribution in [2.75, 3.05) is 31.2 Å². The van der Waals surface area contributed by atoms with Crippen molar-refractivity contribution in [2.45, 2.75) is 30.4 Å². The van der Waals surface area contributed by atoms with E-state index in [4.69, 9.17) is 4.74 Å². The third-order valence-corrected chi connectivity index (χ3v) is 7.50. The highest BCUT2D eigenvalue weighted by Gasteiger charge is 2.22. The maximum Gasteiger partial charge on any atom is 0.258 e. The Morgan fingerprint density at radius 2 is 2.00 bits per heavy atom. The van der Waals surface area contributed by atoms with Crippen molar-refractivity contribution in [3.05, 3.63) is 29.8 Å². The monoisotopic (exact) mass is 402 g/mol. The fourth-order valence-corrected chi connectivity index (χ4v) is 5.92. The van der Waals surface area contributed by atoms with Gasteiger partial charge in [0.15, 0.2) is 6.61 Å². The van der Waals surface area contributed by atoms with E-state index in [0.29, 0.717) is 10.5 Å². The van der Waals surface area contributed by atoms with Crippen LogP contribution in [-0.4, -0.2) is 43.2 Å². The van der Waals surface area contributed by atoms with E-state index in [1.165, 1.54) is 23.5 Å². The predicted octanol–water partition coefficient (Wildman–Crippen LogP) is 3.47. The summed E-state index contributed by atoms with van der Waals surface area (Å²) in [4.78, 5) is 12.1. The largest absolute Gasteiger partial charge is 0.484 e. The number of carbonyl (C=O) groups excluding carboxylic acids is 1. The summed E-state index contributed by atoms with van der Waals surface area (Å²) in [6.45, 7) is 4.18. The van der Waals surface area contributed by atoms with Gasteiger partial charge in [0, 0.05) is 6.04 Å². The average Bonchev–Trinajstić information content (AvgIpc) is 2.63. The van der Waals surface area contributed by atoms with Crippen molar-refractivity contribution in [1.82, 2.24) is 10.6 Å². The van der Waals surface area contributed by atoms with E-state index in [-0.39, 0.29) is 31.0 Å². The Bertz CT molecular complexity index is 538. The first-order valence-corrected chi connectivity index (χ1v) is 10.8. The molecule has 2 aliphatic heterocycles. The highest BCUT2D eigenvalue weighted by Crippen LogP contribution is 2.43. The van der Waals surface area contributed by atoms with E-state index < -0.39 is 0 Å².